The predicted molar refractivity (Wildman–Crippen MR) is 62.0 cm³/mol. The molecule has 78 valence electrons. The maximum absolute atomic E-state index is 9.86. The van der Waals surface area contributed by atoms with E-state index in [1.165, 1.54) is 0 Å². The van der Waals surface area contributed by atoms with Gasteiger partial charge in [0.2, 0.25) is 0 Å². The second-order valence-corrected chi connectivity index (χ2v) is 4.44. The summed E-state index contributed by atoms with van der Waals surface area (Å²) in [5.74, 6) is 0. The molecule has 0 spiro atoms. The highest BCUT2D eigenvalue weighted by Crippen LogP contribution is 2.22. The molecular weight excluding hydrogens is 210 g/mol. The summed E-state index contributed by atoms with van der Waals surface area (Å²) in [7, 11) is 0. The third kappa shape index (κ3) is 2.11. The molecule has 1 heterocycles. The van der Waals surface area contributed by atoms with Crippen LogP contribution in [-0.4, -0.2) is 10.1 Å². The number of halogens is 1. The largest absolute Gasteiger partial charge is 0.384 e. The molecule has 0 bridgehead atoms. The van der Waals surface area contributed by atoms with Crippen molar-refractivity contribution in [3.05, 3.63) is 41.0 Å². The Kier molecular flexibility index (Phi) is 2.11. The van der Waals surface area contributed by atoms with Gasteiger partial charge >= 0.3 is 0 Å². The van der Waals surface area contributed by atoms with Crippen LogP contribution < -0.4 is 0 Å². The van der Waals surface area contributed by atoms with Gasteiger partial charge in [-0.25, -0.2) is 4.98 Å². The van der Waals surface area contributed by atoms with Gasteiger partial charge in [0.25, 0.3) is 0 Å². The van der Waals surface area contributed by atoms with Crippen molar-refractivity contribution < 1.29 is 6.48 Å². The topological polar surface area (TPSA) is 33.1 Å². The second-order valence-electron chi connectivity index (χ2n) is 4.01. The number of fused-ring (bicyclic) bond motifs is 1. The smallest absolute Gasteiger partial charge is 0.101 e. The molecule has 0 aliphatic carbocycles. The lowest BCUT2D eigenvalue weighted by atomic mass is 10.0. The average Bonchev–Trinajstić information content (AvgIpc) is 2.17. The van der Waals surface area contributed by atoms with Gasteiger partial charge in [0.1, 0.15) is 5.60 Å². The number of rotatable bonds is 1. The molecule has 3 heteroatoms. The normalized spacial score (nSPS) is 12.9. The highest BCUT2D eigenvalue weighted by Gasteiger charge is 2.17. The number of benzene rings is 1. The molecule has 1 aromatic carbocycles. The summed E-state index contributed by atoms with van der Waals surface area (Å²) in [4.78, 5) is 4.32. The maximum atomic E-state index is 9.86. The molecule has 0 unspecified atom stereocenters. The minimum absolute atomic E-state index is 0.324. The lowest BCUT2D eigenvalue weighted by molar-refractivity contribution is 0.0742. The van der Waals surface area contributed by atoms with Crippen LogP contribution in [0.25, 0.3) is 10.9 Å². The maximum Gasteiger partial charge on any atom is 0.101 e. The van der Waals surface area contributed by atoms with Crippen LogP contribution >= 0.6 is 11.6 Å². The zero-order valence-corrected chi connectivity index (χ0v) is 9.34. The first-order valence-electron chi connectivity index (χ1n) is 5.18. The van der Waals surface area contributed by atoms with E-state index in [0.29, 0.717) is 27.7 Å². The zero-order chi connectivity index (χ0) is 11.9. The summed E-state index contributed by atoms with van der Waals surface area (Å²) in [5, 5.41) is 11.1. The summed E-state index contributed by atoms with van der Waals surface area (Å²) in [6, 6.07) is 7.08. The summed E-state index contributed by atoms with van der Waals surface area (Å²) < 4.78 is 7.87. The van der Waals surface area contributed by atoms with Crippen molar-refractivity contribution in [1.82, 2.24) is 4.98 Å². The molecule has 2 rings (SSSR count). The molecular formula is C12H12ClNO. The second kappa shape index (κ2) is 3.47. The van der Waals surface area contributed by atoms with E-state index in [1.54, 1.807) is 38.1 Å². The molecule has 0 aliphatic rings. The Labute approximate surface area is 94.9 Å². The van der Waals surface area contributed by atoms with Gasteiger partial charge in [-0.15, -0.1) is 0 Å². The van der Waals surface area contributed by atoms with Crippen LogP contribution in [0.1, 0.15) is 20.9 Å². The quantitative estimate of drug-likeness (QED) is 0.804. The van der Waals surface area contributed by atoms with Gasteiger partial charge in [0.15, 0.2) is 0 Å². The van der Waals surface area contributed by atoms with E-state index < -0.39 is 5.60 Å². The standard InChI is InChI=1S/C12H12ClNO/c1-12(2,15)11-6-3-8-7-9(13)4-5-10(8)14-11/h3-7,15H,1-2H3/i3D. The highest BCUT2D eigenvalue weighted by molar-refractivity contribution is 6.31. The highest BCUT2D eigenvalue weighted by atomic mass is 35.5. The van der Waals surface area contributed by atoms with Crippen LogP contribution in [0.2, 0.25) is 5.02 Å². The number of aliphatic hydroxyl groups is 1. The Balaban J connectivity index is 2.74. The van der Waals surface area contributed by atoms with E-state index in [2.05, 4.69) is 4.98 Å². The average molecular weight is 223 g/mol. The van der Waals surface area contributed by atoms with Crippen LogP contribution in [0.3, 0.4) is 0 Å². The SMILES string of the molecule is [2H]c1cc(C(C)(C)O)nc2ccc(Cl)cc12. The first kappa shape index (κ1) is 9.13. The van der Waals surface area contributed by atoms with E-state index >= 15 is 0 Å². The number of pyridine rings is 1. The molecule has 1 aromatic heterocycles. The number of aromatic nitrogens is 1. The lowest BCUT2D eigenvalue weighted by Gasteiger charge is -2.16. The summed E-state index contributed by atoms with van der Waals surface area (Å²) in [6.07, 6.45) is 0. The molecule has 0 radical (unpaired) electrons. The number of hydrogen-bond acceptors (Lipinski definition) is 2. The van der Waals surface area contributed by atoms with Crippen LogP contribution in [0, 0.1) is 0 Å². The fourth-order valence-electron chi connectivity index (χ4n) is 1.34. The molecule has 0 saturated heterocycles. The van der Waals surface area contributed by atoms with Gasteiger partial charge in [0, 0.05) is 10.4 Å². The van der Waals surface area contributed by atoms with Gasteiger partial charge in [-0.05, 0) is 38.1 Å². The molecule has 0 amide bonds. The Bertz CT molecular complexity index is 548. The van der Waals surface area contributed by atoms with Crippen molar-refractivity contribution >= 4 is 22.5 Å². The Morgan fingerprint density at radius 3 is 2.80 bits per heavy atom. The van der Waals surface area contributed by atoms with Crippen LogP contribution in [0.5, 0.6) is 0 Å². The van der Waals surface area contributed by atoms with E-state index in [1.807, 2.05) is 0 Å². The van der Waals surface area contributed by atoms with Gasteiger partial charge in [0.05, 0.1) is 12.6 Å². The third-order valence-corrected chi connectivity index (χ3v) is 2.43. The molecule has 1 N–H and O–H groups in total. The van der Waals surface area contributed by atoms with E-state index in [0.717, 1.165) is 0 Å². The fraction of sp³-hybridized carbons (Fsp3) is 0.250. The minimum Gasteiger partial charge on any atom is -0.384 e. The van der Waals surface area contributed by atoms with E-state index in [-0.39, 0.29) is 0 Å². The third-order valence-electron chi connectivity index (χ3n) is 2.19. The molecule has 15 heavy (non-hydrogen) atoms. The fourth-order valence-corrected chi connectivity index (χ4v) is 1.52. The van der Waals surface area contributed by atoms with Crippen molar-refractivity contribution in [2.75, 3.05) is 0 Å². The van der Waals surface area contributed by atoms with E-state index in [4.69, 9.17) is 13.0 Å². The molecule has 0 saturated carbocycles. The Hall–Kier alpha value is -1.12. The first-order valence-corrected chi connectivity index (χ1v) is 5.05. The number of nitrogens with zero attached hydrogens (tertiary/aromatic N) is 1. The van der Waals surface area contributed by atoms with Crippen molar-refractivity contribution in [2.45, 2.75) is 19.4 Å². The van der Waals surface area contributed by atoms with Gasteiger partial charge in [-0.3, -0.25) is 0 Å². The van der Waals surface area contributed by atoms with Crippen molar-refractivity contribution in [3.63, 3.8) is 0 Å². The van der Waals surface area contributed by atoms with Crippen LogP contribution in [0.4, 0.5) is 0 Å². The predicted octanol–water partition coefficient (Wildman–Crippen LogP) is 3.12. The minimum atomic E-state index is -1.04. The van der Waals surface area contributed by atoms with Gasteiger partial charge in [-0.1, -0.05) is 17.6 Å². The summed E-state index contributed by atoms with van der Waals surface area (Å²) in [6.45, 7) is 3.30. The Morgan fingerprint density at radius 2 is 2.13 bits per heavy atom. The van der Waals surface area contributed by atoms with Crippen LogP contribution in [-0.2, 0) is 5.60 Å². The van der Waals surface area contributed by atoms with E-state index in [9.17, 15) is 5.11 Å². The Morgan fingerprint density at radius 1 is 1.40 bits per heavy atom. The van der Waals surface area contributed by atoms with Gasteiger partial charge in [-0.2, -0.15) is 0 Å². The van der Waals surface area contributed by atoms with Crippen molar-refractivity contribution in [2.24, 2.45) is 0 Å². The molecule has 2 nitrogen and oxygen atoms in total. The molecule has 0 fully saturated rings. The van der Waals surface area contributed by atoms with Crippen molar-refractivity contribution in [1.29, 1.82) is 0 Å². The number of hydrogen-bond donors (Lipinski definition) is 1. The summed E-state index contributed by atoms with van der Waals surface area (Å²) in [5.41, 5.74) is 0.130. The van der Waals surface area contributed by atoms with Crippen LogP contribution in [0.15, 0.2) is 30.3 Å². The van der Waals surface area contributed by atoms with Gasteiger partial charge < -0.3 is 5.11 Å². The molecule has 2 aromatic rings. The monoisotopic (exact) mass is 222 g/mol. The molecule has 0 aliphatic heterocycles. The first-order chi connectivity index (χ1) is 7.38. The zero-order valence-electron chi connectivity index (χ0n) is 9.58. The van der Waals surface area contributed by atoms with Crippen molar-refractivity contribution in [3.8, 4) is 0 Å². The molecule has 0 atom stereocenters. The summed E-state index contributed by atoms with van der Waals surface area (Å²) >= 11 is 5.86. The lowest BCUT2D eigenvalue weighted by Crippen LogP contribution is -2.17.